The zero-order valence-electron chi connectivity index (χ0n) is 23.7. The van der Waals surface area contributed by atoms with Crippen LogP contribution in [0.2, 0.25) is 5.02 Å². The third kappa shape index (κ3) is 5.60. The summed E-state index contributed by atoms with van der Waals surface area (Å²) in [5.74, 6) is -3.58. The van der Waals surface area contributed by atoms with Gasteiger partial charge in [-0.3, -0.25) is 19.1 Å². The number of alkyl halides is 2. The number of carbonyl (C=O) groups is 2. The number of hydrogen-bond acceptors (Lipinski definition) is 10. The molecule has 1 aliphatic rings. The Morgan fingerprint density at radius 1 is 1.11 bits per heavy atom. The van der Waals surface area contributed by atoms with Gasteiger partial charge in [-0.05, 0) is 53.6 Å². The number of amides is 1. The molecule has 5 heterocycles. The largest absolute Gasteiger partial charge is 0.446 e. The van der Waals surface area contributed by atoms with E-state index in [1.807, 2.05) is 0 Å². The minimum absolute atomic E-state index is 0.0369. The van der Waals surface area contributed by atoms with Crippen molar-refractivity contribution < 1.29 is 27.8 Å². The lowest BCUT2D eigenvalue weighted by molar-refractivity contribution is -0.227. The topological polar surface area (TPSA) is 165 Å². The predicted octanol–water partition coefficient (Wildman–Crippen LogP) is 4.12. The first-order valence-electron chi connectivity index (χ1n) is 13.8. The van der Waals surface area contributed by atoms with E-state index in [1.54, 1.807) is 25.1 Å². The third-order valence-electron chi connectivity index (χ3n) is 7.57. The van der Waals surface area contributed by atoms with Gasteiger partial charge in [0.25, 0.3) is 5.56 Å². The second kappa shape index (κ2) is 12.2. The molecule has 1 aliphatic heterocycles. The zero-order valence-corrected chi connectivity index (χ0v) is 24.5. The van der Waals surface area contributed by atoms with Gasteiger partial charge in [-0.15, -0.1) is 5.10 Å². The molecule has 0 radical (unpaired) electrons. The molecule has 0 fully saturated rings. The number of aromatic nitrogens is 9. The second-order valence-electron chi connectivity index (χ2n) is 10.5. The van der Waals surface area contributed by atoms with E-state index in [9.17, 15) is 27.7 Å². The fraction of sp³-hybridized carbons (Fsp3) is 0.250. The number of pyridine rings is 1. The SMILES string of the molecule is C[C@@H]1CCC[C@H](n2cnc(-c3cc(Cl)ccc3-n3cnnn3)cc2=O)c2cc(ccn2)-c2c(cnn2C(F)(F)C(=O)OF)NC1=O. The molecule has 0 saturated carbocycles. The van der Waals surface area contributed by atoms with Crippen LogP contribution in [-0.4, -0.2) is 56.4 Å². The molecule has 2 bridgehead atoms. The van der Waals surface area contributed by atoms with Gasteiger partial charge in [-0.1, -0.05) is 24.9 Å². The van der Waals surface area contributed by atoms with E-state index < -0.39 is 41.1 Å². The van der Waals surface area contributed by atoms with Crippen LogP contribution in [0, 0.1) is 5.92 Å². The minimum atomic E-state index is -4.57. The molecule has 4 aromatic heterocycles. The summed E-state index contributed by atoms with van der Waals surface area (Å²) in [4.78, 5) is 50.1. The maximum Gasteiger partial charge on any atom is 0.446 e. The van der Waals surface area contributed by atoms with Crippen LogP contribution in [0.5, 0.6) is 0 Å². The summed E-state index contributed by atoms with van der Waals surface area (Å²) in [5, 5.41) is 17.7. The van der Waals surface area contributed by atoms with Crippen LogP contribution in [-0.2, 0) is 20.6 Å². The predicted molar refractivity (Wildman–Crippen MR) is 154 cm³/mol. The number of hydrogen-bond donors (Lipinski definition) is 1. The summed E-state index contributed by atoms with van der Waals surface area (Å²) >= 11 is 6.25. The number of benzene rings is 1. The summed E-state index contributed by atoms with van der Waals surface area (Å²) in [6, 6.07) is 3.69. The first-order valence-corrected chi connectivity index (χ1v) is 14.1. The Kier molecular flexibility index (Phi) is 8.08. The number of tetrazole rings is 1. The molecule has 0 unspecified atom stereocenters. The van der Waals surface area contributed by atoms with Crippen molar-refractivity contribution in [2.24, 2.45) is 5.92 Å². The van der Waals surface area contributed by atoms with Crippen LogP contribution in [0.4, 0.5) is 19.0 Å². The monoisotopic (exact) mass is 654 g/mol. The summed E-state index contributed by atoms with van der Waals surface area (Å²) in [6.45, 7) is 1.66. The number of fused-ring (bicyclic) bond motifs is 4. The van der Waals surface area contributed by atoms with Gasteiger partial charge in [-0.2, -0.15) is 23.2 Å². The Labute approximate surface area is 261 Å². The van der Waals surface area contributed by atoms with Crippen LogP contribution in [0.3, 0.4) is 0 Å². The Morgan fingerprint density at radius 2 is 1.93 bits per heavy atom. The van der Waals surface area contributed by atoms with Crippen LogP contribution in [0.15, 0.2) is 66.2 Å². The molecule has 0 aliphatic carbocycles. The highest BCUT2D eigenvalue weighted by atomic mass is 35.5. The van der Waals surface area contributed by atoms with E-state index in [0.29, 0.717) is 41.2 Å². The van der Waals surface area contributed by atoms with Crippen molar-refractivity contribution >= 4 is 29.2 Å². The van der Waals surface area contributed by atoms with Crippen molar-refractivity contribution in [3.8, 4) is 28.2 Å². The van der Waals surface area contributed by atoms with E-state index in [0.717, 1.165) is 6.20 Å². The number of nitrogens with zero attached hydrogens (tertiary/aromatic N) is 9. The average Bonchev–Trinajstić information content (AvgIpc) is 3.73. The highest BCUT2D eigenvalue weighted by molar-refractivity contribution is 6.31. The van der Waals surface area contributed by atoms with E-state index in [2.05, 4.69) is 40.9 Å². The molecule has 0 saturated heterocycles. The zero-order chi connectivity index (χ0) is 32.6. The van der Waals surface area contributed by atoms with E-state index in [1.165, 1.54) is 46.3 Å². The number of rotatable bonds is 5. The quantitative estimate of drug-likeness (QED) is 0.291. The molecule has 14 nitrogen and oxygen atoms in total. The smallest absolute Gasteiger partial charge is 0.323 e. The maximum atomic E-state index is 15.0. The summed E-state index contributed by atoms with van der Waals surface area (Å²) in [6.07, 6.45) is 6.12. The Bertz CT molecular complexity index is 2000. The summed E-state index contributed by atoms with van der Waals surface area (Å²) in [5.41, 5.74) is 0.599. The van der Waals surface area contributed by atoms with Gasteiger partial charge in [0.05, 0.1) is 47.0 Å². The standard InChI is InChI=1S/C28H22ClF3N10O4/c1-15-3-2-4-23(40-13-34-19(11-24(40)43)18-10-17(29)5-6-22(18)41-14-35-38-39-41)20-9-16(7-8-33-20)25-21(37-26(15)44)12-36-42(25)28(30,31)27(45)46-32/h5-15,23H,2-4H2,1H3,(H,37,44)/t15-,23+/m1/s1. The Hall–Kier alpha value is -5.45. The average molecular weight is 655 g/mol. The number of nitrogens with one attached hydrogen (secondary N) is 1. The molecule has 46 heavy (non-hydrogen) atoms. The van der Waals surface area contributed by atoms with Crippen LogP contribution in [0.1, 0.15) is 37.9 Å². The molecule has 236 valence electrons. The Morgan fingerprint density at radius 3 is 2.67 bits per heavy atom. The molecule has 1 N–H and O–H groups in total. The van der Waals surface area contributed by atoms with Crippen LogP contribution < -0.4 is 10.9 Å². The lowest BCUT2D eigenvalue weighted by Gasteiger charge is -2.23. The highest BCUT2D eigenvalue weighted by Crippen LogP contribution is 2.37. The normalized spacial score (nSPS) is 16.9. The minimum Gasteiger partial charge on any atom is -0.323 e. The first kappa shape index (κ1) is 30.6. The van der Waals surface area contributed by atoms with Crippen molar-refractivity contribution in [3.63, 3.8) is 0 Å². The summed E-state index contributed by atoms with van der Waals surface area (Å²) < 4.78 is 45.3. The van der Waals surface area contributed by atoms with Gasteiger partial charge in [0.1, 0.15) is 6.33 Å². The fourth-order valence-corrected chi connectivity index (χ4v) is 5.42. The van der Waals surface area contributed by atoms with Gasteiger partial charge in [0.15, 0.2) is 0 Å². The van der Waals surface area contributed by atoms with Crippen molar-refractivity contribution in [2.75, 3.05) is 5.32 Å². The first-order chi connectivity index (χ1) is 22.1. The number of halogens is 4. The molecule has 18 heteroatoms. The van der Waals surface area contributed by atoms with Gasteiger partial charge >= 0.3 is 12.0 Å². The molecule has 1 amide bonds. The maximum absolute atomic E-state index is 15.0. The van der Waals surface area contributed by atoms with Crippen molar-refractivity contribution in [1.29, 1.82) is 0 Å². The molecule has 1 aromatic carbocycles. The second-order valence-corrected chi connectivity index (χ2v) is 10.9. The fourth-order valence-electron chi connectivity index (χ4n) is 5.25. The van der Waals surface area contributed by atoms with Gasteiger partial charge < -0.3 is 5.32 Å². The Balaban J connectivity index is 1.47. The van der Waals surface area contributed by atoms with Crippen LogP contribution in [0.25, 0.3) is 28.2 Å². The van der Waals surface area contributed by atoms with Crippen molar-refractivity contribution in [1.82, 2.24) is 44.5 Å². The van der Waals surface area contributed by atoms with Gasteiger partial charge in [0, 0.05) is 38.9 Å². The third-order valence-corrected chi connectivity index (χ3v) is 7.80. The van der Waals surface area contributed by atoms with Gasteiger partial charge in [-0.25, -0.2) is 14.7 Å². The highest BCUT2D eigenvalue weighted by Gasteiger charge is 2.47. The lowest BCUT2D eigenvalue weighted by atomic mass is 9.97. The molecular formula is C28H22ClF3N10O4. The number of carbonyl (C=O) groups excluding carboxylic acids is 2. The van der Waals surface area contributed by atoms with Gasteiger partial charge in [0.2, 0.25) is 5.91 Å². The molecule has 6 rings (SSSR count). The molecule has 0 spiro atoms. The number of anilines is 1. The molecular weight excluding hydrogens is 633 g/mol. The summed E-state index contributed by atoms with van der Waals surface area (Å²) in [7, 11) is 0. The van der Waals surface area contributed by atoms with E-state index >= 15 is 0 Å². The van der Waals surface area contributed by atoms with E-state index in [4.69, 9.17) is 11.6 Å². The molecule has 5 aromatic rings. The van der Waals surface area contributed by atoms with Crippen LogP contribution >= 0.6 is 11.6 Å². The lowest BCUT2D eigenvalue weighted by Crippen LogP contribution is -2.35. The van der Waals surface area contributed by atoms with Crippen molar-refractivity contribution in [3.05, 3.63) is 82.5 Å². The molecule has 2 atom stereocenters. The van der Waals surface area contributed by atoms with Crippen molar-refractivity contribution in [2.45, 2.75) is 38.3 Å². The van der Waals surface area contributed by atoms with E-state index in [-0.39, 0.29) is 21.6 Å².